The fraction of sp³-hybridized carbons (Fsp3) is 0.526. The van der Waals surface area contributed by atoms with Crippen LogP contribution >= 0.6 is 0 Å². The number of anilines is 1. The van der Waals surface area contributed by atoms with Gasteiger partial charge in [-0.2, -0.15) is 0 Å². The van der Waals surface area contributed by atoms with E-state index in [0.717, 1.165) is 37.3 Å². The van der Waals surface area contributed by atoms with Crippen LogP contribution in [-0.4, -0.2) is 53.1 Å². The Morgan fingerprint density at radius 1 is 1.35 bits per heavy atom. The van der Waals surface area contributed by atoms with Gasteiger partial charge in [0.05, 0.1) is 29.7 Å². The molecular weight excluding hydrogens is 328 g/mol. The van der Waals surface area contributed by atoms with Crippen LogP contribution in [0.3, 0.4) is 0 Å². The van der Waals surface area contributed by atoms with E-state index in [9.17, 15) is 0 Å². The molecular formula is C19H28N6O. The molecule has 3 atom stereocenters. The summed E-state index contributed by atoms with van der Waals surface area (Å²) in [7, 11) is 0. The molecule has 1 aromatic heterocycles. The topological polar surface area (TPSA) is 114 Å². The number of nitrogens with two attached hydrogens (primary N) is 2. The van der Waals surface area contributed by atoms with E-state index in [4.69, 9.17) is 21.6 Å². The number of ether oxygens (including phenoxy) is 1. The number of nitrogens with one attached hydrogen (secondary N) is 1. The average Bonchev–Trinajstić information content (AvgIpc) is 2.96. The maximum atomic E-state index is 8.66. The zero-order valence-corrected chi connectivity index (χ0v) is 15.4. The van der Waals surface area contributed by atoms with E-state index in [1.807, 2.05) is 38.1 Å². The lowest BCUT2D eigenvalue weighted by atomic mass is 9.99. The van der Waals surface area contributed by atoms with Crippen molar-refractivity contribution >= 4 is 11.5 Å². The molecule has 5 N–H and O–H groups in total. The first-order valence-electron chi connectivity index (χ1n) is 9.15. The monoisotopic (exact) mass is 356 g/mol. The third-order valence-corrected chi connectivity index (χ3v) is 4.63. The Hall–Kier alpha value is -2.09. The molecule has 0 aromatic carbocycles. The van der Waals surface area contributed by atoms with E-state index >= 15 is 0 Å². The largest absolute Gasteiger partial charge is 0.371 e. The molecule has 3 unspecified atom stereocenters. The average molecular weight is 356 g/mol. The first-order valence-corrected chi connectivity index (χ1v) is 9.15. The molecule has 0 amide bonds. The number of hydrogen-bond acceptors (Lipinski definition) is 7. The molecule has 0 radical (unpaired) electrons. The van der Waals surface area contributed by atoms with Gasteiger partial charge < -0.3 is 21.1 Å². The molecule has 26 heavy (non-hydrogen) atoms. The Kier molecular flexibility index (Phi) is 5.80. The van der Waals surface area contributed by atoms with Gasteiger partial charge in [-0.05, 0) is 38.3 Å². The van der Waals surface area contributed by atoms with E-state index < -0.39 is 0 Å². The van der Waals surface area contributed by atoms with Crippen LogP contribution in [0.2, 0.25) is 0 Å². The van der Waals surface area contributed by atoms with E-state index in [1.54, 1.807) is 0 Å². The minimum Gasteiger partial charge on any atom is -0.371 e. The Morgan fingerprint density at radius 2 is 2.15 bits per heavy atom. The number of nitrogens with zero attached hydrogens (tertiary/aromatic N) is 3. The van der Waals surface area contributed by atoms with E-state index in [-0.39, 0.29) is 24.3 Å². The predicted octanol–water partition coefficient (Wildman–Crippen LogP) is 1.39. The highest BCUT2D eigenvalue weighted by molar-refractivity contribution is 6.10. The van der Waals surface area contributed by atoms with Gasteiger partial charge in [0, 0.05) is 25.2 Å². The lowest BCUT2D eigenvalue weighted by Crippen LogP contribution is -2.28. The SMILES string of the molecule is CC(C)OC1C=C(C(=N)c2cc(N3CCC(N)C3)ncn2)C(N)C=CC1. The summed E-state index contributed by atoms with van der Waals surface area (Å²) in [5.74, 6) is 0.806. The minimum absolute atomic E-state index is 0.0898. The van der Waals surface area contributed by atoms with Gasteiger partial charge in [-0.1, -0.05) is 12.2 Å². The van der Waals surface area contributed by atoms with Crippen LogP contribution in [-0.2, 0) is 4.74 Å². The quantitative estimate of drug-likeness (QED) is 0.542. The summed E-state index contributed by atoms with van der Waals surface area (Å²) in [5.41, 5.74) is 13.9. The van der Waals surface area contributed by atoms with Crippen molar-refractivity contribution in [2.24, 2.45) is 11.5 Å². The molecule has 2 aliphatic rings. The first kappa shape index (κ1) is 18.7. The van der Waals surface area contributed by atoms with Crippen molar-refractivity contribution in [2.45, 2.75) is 51.0 Å². The van der Waals surface area contributed by atoms with E-state index in [2.05, 4.69) is 14.9 Å². The maximum Gasteiger partial charge on any atom is 0.132 e. The van der Waals surface area contributed by atoms with Gasteiger partial charge in [0.1, 0.15) is 12.1 Å². The molecule has 1 aliphatic heterocycles. The fourth-order valence-corrected chi connectivity index (χ4v) is 3.34. The third-order valence-electron chi connectivity index (χ3n) is 4.63. The second kappa shape index (κ2) is 8.07. The summed E-state index contributed by atoms with van der Waals surface area (Å²) in [6, 6.07) is 1.67. The Balaban J connectivity index is 1.85. The molecule has 0 spiro atoms. The minimum atomic E-state index is -0.345. The van der Waals surface area contributed by atoms with E-state index in [1.165, 1.54) is 6.33 Å². The Labute approximate surface area is 154 Å². The summed E-state index contributed by atoms with van der Waals surface area (Å²) in [6.07, 6.45) is 9.13. The van der Waals surface area contributed by atoms with Crippen LogP contribution in [0.1, 0.15) is 32.4 Å². The lowest BCUT2D eigenvalue weighted by Gasteiger charge is -2.19. The third kappa shape index (κ3) is 4.35. The normalized spacial score (nSPS) is 26.1. The van der Waals surface area contributed by atoms with Gasteiger partial charge in [0.2, 0.25) is 0 Å². The summed E-state index contributed by atoms with van der Waals surface area (Å²) in [5, 5.41) is 8.66. The molecule has 1 aliphatic carbocycles. The zero-order chi connectivity index (χ0) is 18.7. The van der Waals surface area contributed by atoms with Gasteiger partial charge in [-0.15, -0.1) is 0 Å². The van der Waals surface area contributed by atoms with Crippen molar-refractivity contribution in [1.82, 2.24) is 9.97 Å². The number of hydrogen-bond donors (Lipinski definition) is 3. The predicted molar refractivity (Wildman–Crippen MR) is 103 cm³/mol. The summed E-state index contributed by atoms with van der Waals surface area (Å²) in [6.45, 7) is 5.66. The number of aromatic nitrogens is 2. The molecule has 1 aromatic rings. The molecule has 1 fully saturated rings. The lowest BCUT2D eigenvalue weighted by molar-refractivity contribution is 0.0374. The summed E-state index contributed by atoms with van der Waals surface area (Å²) in [4.78, 5) is 10.8. The molecule has 1 saturated heterocycles. The molecule has 7 nitrogen and oxygen atoms in total. The standard InChI is InChI=1S/C19H28N6O/c1-12(2)26-14-4-3-5-16(21)15(8-14)19(22)17-9-18(24-11-23-17)25-7-6-13(20)10-25/h3,5,8-9,11-14,16,22H,4,6-7,10,20-21H2,1-2H3. The molecule has 2 heterocycles. The van der Waals surface area contributed by atoms with Crippen molar-refractivity contribution in [3.05, 3.63) is 41.9 Å². The molecule has 7 heteroatoms. The molecule has 0 saturated carbocycles. The maximum absolute atomic E-state index is 8.66. The summed E-state index contributed by atoms with van der Waals surface area (Å²) >= 11 is 0. The highest BCUT2D eigenvalue weighted by atomic mass is 16.5. The zero-order valence-electron chi connectivity index (χ0n) is 15.4. The van der Waals surface area contributed by atoms with Crippen molar-refractivity contribution in [1.29, 1.82) is 5.41 Å². The van der Waals surface area contributed by atoms with Gasteiger partial charge in [-0.25, -0.2) is 9.97 Å². The van der Waals surface area contributed by atoms with Crippen LogP contribution in [0, 0.1) is 5.41 Å². The fourth-order valence-electron chi connectivity index (χ4n) is 3.34. The second-order valence-electron chi connectivity index (χ2n) is 7.17. The van der Waals surface area contributed by atoms with Crippen LogP contribution < -0.4 is 16.4 Å². The van der Waals surface area contributed by atoms with Gasteiger partial charge in [-0.3, -0.25) is 5.41 Å². The smallest absolute Gasteiger partial charge is 0.132 e. The van der Waals surface area contributed by atoms with Crippen molar-refractivity contribution in [3.8, 4) is 0 Å². The Bertz CT molecular complexity index is 714. The van der Waals surface area contributed by atoms with Crippen LogP contribution in [0.4, 0.5) is 5.82 Å². The second-order valence-corrected chi connectivity index (χ2v) is 7.17. The van der Waals surface area contributed by atoms with Crippen LogP contribution in [0.15, 0.2) is 36.2 Å². The van der Waals surface area contributed by atoms with Crippen LogP contribution in [0.25, 0.3) is 0 Å². The van der Waals surface area contributed by atoms with Gasteiger partial charge in [0.25, 0.3) is 0 Å². The highest BCUT2D eigenvalue weighted by Gasteiger charge is 2.23. The van der Waals surface area contributed by atoms with Crippen LogP contribution in [0.5, 0.6) is 0 Å². The number of rotatable bonds is 5. The van der Waals surface area contributed by atoms with Gasteiger partial charge >= 0.3 is 0 Å². The van der Waals surface area contributed by atoms with Crippen molar-refractivity contribution < 1.29 is 4.74 Å². The van der Waals surface area contributed by atoms with Crippen molar-refractivity contribution in [3.63, 3.8) is 0 Å². The molecule has 3 rings (SSSR count). The molecule has 140 valence electrons. The van der Waals surface area contributed by atoms with Gasteiger partial charge in [0.15, 0.2) is 0 Å². The van der Waals surface area contributed by atoms with E-state index in [0.29, 0.717) is 11.4 Å². The first-order chi connectivity index (χ1) is 12.4. The van der Waals surface area contributed by atoms with Crippen molar-refractivity contribution in [2.75, 3.05) is 18.0 Å². The summed E-state index contributed by atoms with van der Waals surface area (Å²) < 4.78 is 5.92. The Morgan fingerprint density at radius 3 is 2.85 bits per heavy atom. The highest BCUT2D eigenvalue weighted by Crippen LogP contribution is 2.22. The molecule has 0 bridgehead atoms.